The normalized spacial score (nSPS) is 18.2. The number of benzene rings is 1. The summed E-state index contributed by atoms with van der Waals surface area (Å²) in [5, 5.41) is 0.769. The van der Waals surface area contributed by atoms with Gasteiger partial charge in [-0.05, 0) is 56.1 Å². The maximum Gasteiger partial charge on any atom is 0.178 e. The van der Waals surface area contributed by atoms with Crippen molar-refractivity contribution in [1.29, 1.82) is 0 Å². The average Bonchev–Trinajstić information content (AvgIpc) is 2.56. The molecule has 2 nitrogen and oxygen atoms in total. The van der Waals surface area contributed by atoms with Crippen molar-refractivity contribution in [2.24, 2.45) is 0 Å². The largest absolute Gasteiger partial charge is 0.331 e. The number of fused-ring (bicyclic) bond motifs is 1. The Bertz CT molecular complexity index is 616. The third-order valence-corrected chi connectivity index (χ3v) is 4.58. The molecular formula is C13H15ClN2S. The molecule has 90 valence electrons. The van der Waals surface area contributed by atoms with E-state index in [1.54, 1.807) is 0 Å². The fourth-order valence-corrected chi connectivity index (χ4v) is 3.44. The van der Waals surface area contributed by atoms with E-state index < -0.39 is 0 Å². The second-order valence-electron chi connectivity index (χ2n) is 4.86. The highest BCUT2D eigenvalue weighted by Crippen LogP contribution is 2.44. The number of H-pyrrole nitrogens is 1. The molecule has 1 fully saturated rings. The Morgan fingerprint density at radius 2 is 2.24 bits per heavy atom. The number of nitrogens with one attached hydrogen (secondary N) is 1. The first-order valence-corrected chi connectivity index (χ1v) is 6.86. The zero-order valence-electron chi connectivity index (χ0n) is 9.79. The zero-order chi connectivity index (χ0) is 12.0. The van der Waals surface area contributed by atoms with E-state index in [1.165, 1.54) is 19.3 Å². The lowest BCUT2D eigenvalue weighted by Gasteiger charge is -2.43. The number of imidazole rings is 1. The van der Waals surface area contributed by atoms with Crippen LogP contribution in [0.25, 0.3) is 11.0 Å². The van der Waals surface area contributed by atoms with Crippen LogP contribution < -0.4 is 0 Å². The minimum Gasteiger partial charge on any atom is -0.331 e. The summed E-state index contributed by atoms with van der Waals surface area (Å²) in [4.78, 5) is 3.28. The Balaban J connectivity index is 2.31. The van der Waals surface area contributed by atoms with Crippen molar-refractivity contribution in [3.8, 4) is 0 Å². The SMILES string of the molecule is CCC1(n2c(=S)[nH]c3ccc(Cl)cc32)CCC1. The molecule has 0 spiro atoms. The first-order valence-electron chi connectivity index (χ1n) is 6.07. The molecule has 0 radical (unpaired) electrons. The van der Waals surface area contributed by atoms with Gasteiger partial charge in [0.25, 0.3) is 0 Å². The topological polar surface area (TPSA) is 20.7 Å². The van der Waals surface area contributed by atoms with Crippen molar-refractivity contribution in [3.63, 3.8) is 0 Å². The van der Waals surface area contributed by atoms with Gasteiger partial charge < -0.3 is 9.55 Å². The van der Waals surface area contributed by atoms with E-state index in [9.17, 15) is 0 Å². The summed E-state index contributed by atoms with van der Waals surface area (Å²) in [7, 11) is 0. The van der Waals surface area contributed by atoms with Crippen molar-refractivity contribution in [3.05, 3.63) is 28.0 Å². The van der Waals surface area contributed by atoms with Crippen LogP contribution >= 0.6 is 23.8 Å². The van der Waals surface area contributed by atoms with Gasteiger partial charge in [-0.1, -0.05) is 18.5 Å². The van der Waals surface area contributed by atoms with Gasteiger partial charge in [0.05, 0.1) is 11.0 Å². The Morgan fingerprint density at radius 3 is 2.82 bits per heavy atom. The van der Waals surface area contributed by atoms with E-state index in [4.69, 9.17) is 23.8 Å². The Kier molecular flexibility index (Phi) is 2.56. The highest BCUT2D eigenvalue weighted by molar-refractivity contribution is 7.71. The van der Waals surface area contributed by atoms with Crippen LogP contribution in [0.3, 0.4) is 0 Å². The molecule has 1 heterocycles. The minimum absolute atomic E-state index is 0.222. The highest BCUT2D eigenvalue weighted by Gasteiger charge is 2.38. The van der Waals surface area contributed by atoms with Gasteiger partial charge in [-0.3, -0.25) is 0 Å². The first-order chi connectivity index (χ1) is 8.16. The van der Waals surface area contributed by atoms with Gasteiger partial charge in [0.15, 0.2) is 4.77 Å². The predicted molar refractivity (Wildman–Crippen MR) is 74.2 cm³/mol. The maximum absolute atomic E-state index is 6.09. The number of aromatic nitrogens is 2. The Morgan fingerprint density at radius 1 is 1.47 bits per heavy atom. The molecule has 0 amide bonds. The predicted octanol–water partition coefficient (Wildman–Crippen LogP) is 4.64. The molecule has 1 aromatic heterocycles. The van der Waals surface area contributed by atoms with Crippen molar-refractivity contribution >= 4 is 34.9 Å². The molecule has 0 atom stereocenters. The quantitative estimate of drug-likeness (QED) is 0.785. The van der Waals surface area contributed by atoms with Gasteiger partial charge in [-0.15, -0.1) is 0 Å². The van der Waals surface area contributed by atoms with Crippen LogP contribution in [0.4, 0.5) is 0 Å². The molecule has 1 aromatic carbocycles. The second-order valence-corrected chi connectivity index (χ2v) is 5.68. The van der Waals surface area contributed by atoms with Crippen molar-refractivity contribution in [2.75, 3.05) is 0 Å². The third kappa shape index (κ3) is 1.56. The van der Waals surface area contributed by atoms with Crippen LogP contribution in [-0.4, -0.2) is 9.55 Å². The summed E-state index contributed by atoms with van der Waals surface area (Å²) in [5.74, 6) is 0. The van der Waals surface area contributed by atoms with Crippen LogP contribution in [0.5, 0.6) is 0 Å². The lowest BCUT2D eigenvalue weighted by atomic mass is 9.74. The van der Waals surface area contributed by atoms with Gasteiger partial charge >= 0.3 is 0 Å². The molecule has 1 aliphatic rings. The number of nitrogens with zero attached hydrogens (tertiary/aromatic N) is 1. The number of hydrogen-bond donors (Lipinski definition) is 1. The van der Waals surface area contributed by atoms with Crippen LogP contribution in [0.1, 0.15) is 32.6 Å². The molecule has 1 saturated carbocycles. The minimum atomic E-state index is 0.222. The number of rotatable bonds is 2. The van der Waals surface area contributed by atoms with E-state index in [-0.39, 0.29) is 5.54 Å². The zero-order valence-corrected chi connectivity index (χ0v) is 11.4. The van der Waals surface area contributed by atoms with Gasteiger partial charge in [0.1, 0.15) is 0 Å². The Labute approximate surface area is 111 Å². The molecule has 17 heavy (non-hydrogen) atoms. The van der Waals surface area contributed by atoms with Crippen LogP contribution in [0.15, 0.2) is 18.2 Å². The molecule has 2 aromatic rings. The lowest BCUT2D eigenvalue weighted by molar-refractivity contribution is 0.140. The number of hydrogen-bond acceptors (Lipinski definition) is 1. The molecule has 0 bridgehead atoms. The van der Waals surface area contributed by atoms with Crippen LogP contribution in [-0.2, 0) is 5.54 Å². The van der Waals surface area contributed by atoms with Gasteiger partial charge in [0.2, 0.25) is 0 Å². The summed E-state index contributed by atoms with van der Waals surface area (Å²) >= 11 is 11.6. The smallest absolute Gasteiger partial charge is 0.178 e. The van der Waals surface area contributed by atoms with Crippen LogP contribution in [0, 0.1) is 4.77 Å². The molecule has 0 aliphatic heterocycles. The number of aromatic amines is 1. The monoisotopic (exact) mass is 266 g/mol. The first kappa shape index (κ1) is 11.3. The maximum atomic E-state index is 6.09. The lowest BCUT2D eigenvalue weighted by Crippen LogP contribution is -2.39. The van der Waals surface area contributed by atoms with Gasteiger partial charge in [0, 0.05) is 10.6 Å². The highest BCUT2D eigenvalue weighted by atomic mass is 35.5. The molecule has 3 rings (SSSR count). The van der Waals surface area contributed by atoms with E-state index in [0.717, 1.165) is 27.2 Å². The van der Waals surface area contributed by atoms with E-state index in [2.05, 4.69) is 16.5 Å². The summed E-state index contributed by atoms with van der Waals surface area (Å²) < 4.78 is 3.11. The fraction of sp³-hybridized carbons (Fsp3) is 0.462. The van der Waals surface area contributed by atoms with Crippen molar-refractivity contribution in [1.82, 2.24) is 9.55 Å². The van der Waals surface area contributed by atoms with Crippen molar-refractivity contribution in [2.45, 2.75) is 38.1 Å². The fourth-order valence-electron chi connectivity index (χ4n) is 2.87. The van der Waals surface area contributed by atoms with Crippen LogP contribution in [0.2, 0.25) is 5.02 Å². The Hall–Kier alpha value is -0.800. The second kappa shape index (κ2) is 3.85. The molecule has 1 N–H and O–H groups in total. The molecular weight excluding hydrogens is 252 g/mol. The van der Waals surface area contributed by atoms with E-state index in [0.29, 0.717) is 0 Å². The number of halogens is 1. The van der Waals surface area contributed by atoms with E-state index >= 15 is 0 Å². The standard InChI is InChI=1S/C13H15ClN2S/c1-2-13(6-3-7-13)16-11-8-9(14)4-5-10(11)15-12(16)17/h4-5,8H,2-3,6-7H2,1H3,(H,15,17). The molecule has 0 unspecified atom stereocenters. The van der Waals surface area contributed by atoms with Gasteiger partial charge in [-0.2, -0.15) is 0 Å². The molecule has 0 saturated heterocycles. The summed E-state index contributed by atoms with van der Waals surface area (Å²) in [6.45, 7) is 2.24. The summed E-state index contributed by atoms with van der Waals surface area (Å²) in [5.41, 5.74) is 2.45. The molecule has 1 aliphatic carbocycles. The summed E-state index contributed by atoms with van der Waals surface area (Å²) in [6, 6.07) is 5.92. The van der Waals surface area contributed by atoms with Crippen molar-refractivity contribution < 1.29 is 0 Å². The summed E-state index contributed by atoms with van der Waals surface area (Å²) in [6.07, 6.45) is 4.86. The van der Waals surface area contributed by atoms with E-state index in [1.807, 2.05) is 18.2 Å². The van der Waals surface area contributed by atoms with Gasteiger partial charge in [-0.25, -0.2) is 0 Å². The third-order valence-electron chi connectivity index (χ3n) is 4.06. The average molecular weight is 267 g/mol. The molecule has 4 heteroatoms.